The Morgan fingerprint density at radius 1 is 1.27 bits per heavy atom. The van der Waals surface area contributed by atoms with Gasteiger partial charge in [-0.3, -0.25) is 0 Å². The van der Waals surface area contributed by atoms with Gasteiger partial charge >= 0.3 is 0 Å². The highest BCUT2D eigenvalue weighted by Crippen LogP contribution is 2.20. The summed E-state index contributed by atoms with van der Waals surface area (Å²) in [4.78, 5) is 0. The van der Waals surface area contributed by atoms with Crippen molar-refractivity contribution in [1.82, 2.24) is 0 Å². The monoisotopic (exact) mass is 202 g/mol. The molecule has 0 aliphatic carbocycles. The van der Waals surface area contributed by atoms with Gasteiger partial charge in [-0.05, 0) is 36.1 Å². The van der Waals surface area contributed by atoms with Crippen LogP contribution in [0.15, 0.2) is 24.3 Å². The Kier molecular flexibility index (Phi) is 3.74. The van der Waals surface area contributed by atoms with Gasteiger partial charge in [-0.1, -0.05) is 20.8 Å². The molecule has 0 aliphatic rings. The number of hydrogen-bond donors (Lipinski definition) is 1. The lowest BCUT2D eigenvalue weighted by atomic mass is 9.90. The van der Waals surface area contributed by atoms with E-state index in [-0.39, 0.29) is 0 Å². The molecule has 1 aromatic rings. The van der Waals surface area contributed by atoms with Gasteiger partial charge in [0.05, 0.1) is 11.6 Å². The first-order valence-electron chi connectivity index (χ1n) is 5.31. The summed E-state index contributed by atoms with van der Waals surface area (Å²) in [5, 5.41) is 12.0. The van der Waals surface area contributed by atoms with Crippen molar-refractivity contribution in [2.75, 3.05) is 11.9 Å². The summed E-state index contributed by atoms with van der Waals surface area (Å²) < 4.78 is 0. The summed E-state index contributed by atoms with van der Waals surface area (Å²) in [6.45, 7) is 7.63. The smallest absolute Gasteiger partial charge is 0.0991 e. The van der Waals surface area contributed by atoms with Crippen molar-refractivity contribution in [3.8, 4) is 6.07 Å². The van der Waals surface area contributed by atoms with E-state index in [0.717, 1.165) is 18.7 Å². The van der Waals surface area contributed by atoms with Gasteiger partial charge in [0.15, 0.2) is 0 Å². The minimum absolute atomic E-state index is 0.313. The van der Waals surface area contributed by atoms with Gasteiger partial charge in [-0.15, -0.1) is 0 Å². The predicted molar refractivity (Wildman–Crippen MR) is 63.7 cm³/mol. The maximum absolute atomic E-state index is 8.66. The lowest BCUT2D eigenvalue weighted by Crippen LogP contribution is -2.21. The van der Waals surface area contributed by atoms with Gasteiger partial charge in [-0.2, -0.15) is 5.26 Å². The molecule has 1 N–H and O–H groups in total. The second-order valence-corrected chi connectivity index (χ2v) is 4.56. The molecule has 0 bridgehead atoms. The van der Waals surface area contributed by atoms with Crippen LogP contribution in [0.4, 0.5) is 5.69 Å². The lowest BCUT2D eigenvalue weighted by Gasteiger charge is -2.23. The van der Waals surface area contributed by atoms with Crippen LogP contribution in [0, 0.1) is 16.7 Å². The van der Waals surface area contributed by atoms with Gasteiger partial charge < -0.3 is 5.32 Å². The molecule has 0 unspecified atom stereocenters. The van der Waals surface area contributed by atoms with Gasteiger partial charge in [0.2, 0.25) is 0 Å². The molecule has 0 spiro atoms. The zero-order chi connectivity index (χ0) is 11.3. The average Bonchev–Trinajstić information content (AvgIpc) is 2.27. The Morgan fingerprint density at radius 2 is 1.87 bits per heavy atom. The van der Waals surface area contributed by atoms with E-state index in [0.29, 0.717) is 11.0 Å². The van der Waals surface area contributed by atoms with E-state index in [1.165, 1.54) is 0 Å². The third-order valence-electron chi connectivity index (χ3n) is 2.74. The van der Waals surface area contributed by atoms with E-state index in [2.05, 4.69) is 32.2 Å². The van der Waals surface area contributed by atoms with Crippen molar-refractivity contribution in [2.24, 2.45) is 5.41 Å². The van der Waals surface area contributed by atoms with Crippen LogP contribution in [0.1, 0.15) is 32.8 Å². The molecule has 80 valence electrons. The molecule has 0 aliphatic heterocycles. The third kappa shape index (κ3) is 3.63. The topological polar surface area (TPSA) is 35.8 Å². The van der Waals surface area contributed by atoms with Crippen molar-refractivity contribution in [2.45, 2.75) is 27.2 Å². The van der Waals surface area contributed by atoms with Crippen molar-refractivity contribution in [3.05, 3.63) is 29.8 Å². The molecule has 15 heavy (non-hydrogen) atoms. The van der Waals surface area contributed by atoms with E-state index in [1.807, 2.05) is 24.3 Å². The second kappa shape index (κ2) is 4.84. The first kappa shape index (κ1) is 11.6. The van der Waals surface area contributed by atoms with Crippen LogP contribution in [0.3, 0.4) is 0 Å². The average molecular weight is 202 g/mol. The van der Waals surface area contributed by atoms with E-state index in [9.17, 15) is 0 Å². The van der Waals surface area contributed by atoms with Gasteiger partial charge in [-0.25, -0.2) is 0 Å². The predicted octanol–water partition coefficient (Wildman–Crippen LogP) is 3.41. The molecule has 1 aromatic carbocycles. The molecule has 0 amide bonds. The van der Waals surface area contributed by atoms with Crippen LogP contribution < -0.4 is 5.32 Å². The molecule has 0 radical (unpaired) electrons. The summed E-state index contributed by atoms with van der Waals surface area (Å²) in [6.07, 6.45) is 1.15. The number of nitrogens with one attached hydrogen (secondary N) is 1. The molecule has 0 atom stereocenters. The quantitative estimate of drug-likeness (QED) is 0.812. The molecular formula is C13H18N2. The number of benzene rings is 1. The molecule has 2 heteroatoms. The zero-order valence-electron chi connectivity index (χ0n) is 9.67. The fourth-order valence-electron chi connectivity index (χ4n) is 1.13. The Morgan fingerprint density at radius 3 is 2.33 bits per heavy atom. The Bertz CT molecular complexity index is 344. The van der Waals surface area contributed by atoms with Crippen LogP contribution in [0.25, 0.3) is 0 Å². The van der Waals surface area contributed by atoms with Gasteiger partial charge in [0.1, 0.15) is 0 Å². The summed E-state index contributed by atoms with van der Waals surface area (Å²) in [6, 6.07) is 9.68. The number of anilines is 1. The number of nitriles is 1. The lowest BCUT2D eigenvalue weighted by molar-refractivity contribution is 0.377. The fraction of sp³-hybridized carbons (Fsp3) is 0.462. The molecule has 1 rings (SSSR count). The molecule has 0 heterocycles. The zero-order valence-corrected chi connectivity index (χ0v) is 9.67. The molecular weight excluding hydrogens is 184 g/mol. The maximum Gasteiger partial charge on any atom is 0.0991 e. The highest BCUT2D eigenvalue weighted by atomic mass is 14.9. The Balaban J connectivity index is 2.56. The normalized spacial score (nSPS) is 10.8. The standard InChI is InChI=1S/C13H18N2/c1-4-13(2,3)10-15-12-7-5-11(9-14)6-8-12/h5-8,15H,4,10H2,1-3H3. The molecule has 0 fully saturated rings. The van der Waals surface area contributed by atoms with E-state index in [1.54, 1.807) is 0 Å². The van der Waals surface area contributed by atoms with Crippen LogP contribution >= 0.6 is 0 Å². The summed E-state index contributed by atoms with van der Waals surface area (Å²) in [5.74, 6) is 0. The van der Waals surface area contributed by atoms with Crippen LogP contribution in [-0.2, 0) is 0 Å². The minimum atomic E-state index is 0.313. The van der Waals surface area contributed by atoms with E-state index >= 15 is 0 Å². The minimum Gasteiger partial charge on any atom is -0.385 e. The molecule has 2 nitrogen and oxygen atoms in total. The summed E-state index contributed by atoms with van der Waals surface area (Å²) in [7, 11) is 0. The molecule has 0 saturated carbocycles. The molecule has 0 aromatic heterocycles. The number of nitrogens with zero attached hydrogens (tertiary/aromatic N) is 1. The van der Waals surface area contributed by atoms with E-state index in [4.69, 9.17) is 5.26 Å². The van der Waals surface area contributed by atoms with Gasteiger partial charge in [0, 0.05) is 12.2 Å². The van der Waals surface area contributed by atoms with Crippen LogP contribution in [-0.4, -0.2) is 6.54 Å². The first-order valence-corrected chi connectivity index (χ1v) is 5.31. The fourth-order valence-corrected chi connectivity index (χ4v) is 1.13. The third-order valence-corrected chi connectivity index (χ3v) is 2.74. The maximum atomic E-state index is 8.66. The number of hydrogen-bond acceptors (Lipinski definition) is 2. The van der Waals surface area contributed by atoms with Crippen molar-refractivity contribution >= 4 is 5.69 Å². The largest absolute Gasteiger partial charge is 0.385 e. The summed E-state index contributed by atoms with van der Waals surface area (Å²) in [5.41, 5.74) is 2.10. The Labute approximate surface area is 91.9 Å². The Hall–Kier alpha value is -1.49. The van der Waals surface area contributed by atoms with Crippen molar-refractivity contribution in [1.29, 1.82) is 5.26 Å². The van der Waals surface area contributed by atoms with Crippen molar-refractivity contribution in [3.63, 3.8) is 0 Å². The second-order valence-electron chi connectivity index (χ2n) is 4.56. The number of rotatable bonds is 4. The van der Waals surface area contributed by atoms with Crippen LogP contribution in [0.2, 0.25) is 0 Å². The summed E-state index contributed by atoms with van der Waals surface area (Å²) >= 11 is 0. The highest BCUT2D eigenvalue weighted by molar-refractivity contribution is 5.47. The first-order chi connectivity index (χ1) is 7.07. The highest BCUT2D eigenvalue weighted by Gasteiger charge is 2.13. The van der Waals surface area contributed by atoms with Crippen LogP contribution in [0.5, 0.6) is 0 Å². The van der Waals surface area contributed by atoms with Gasteiger partial charge in [0.25, 0.3) is 0 Å². The molecule has 0 saturated heterocycles. The van der Waals surface area contributed by atoms with E-state index < -0.39 is 0 Å². The van der Waals surface area contributed by atoms with Crippen molar-refractivity contribution < 1.29 is 0 Å². The SMILES string of the molecule is CCC(C)(C)CNc1ccc(C#N)cc1.